The van der Waals surface area contributed by atoms with E-state index in [4.69, 9.17) is 4.74 Å². The van der Waals surface area contributed by atoms with Crippen LogP contribution in [-0.2, 0) is 6.42 Å². The van der Waals surface area contributed by atoms with E-state index in [9.17, 15) is 9.90 Å². The Kier molecular flexibility index (Phi) is 6.41. The van der Waals surface area contributed by atoms with Gasteiger partial charge in [0.05, 0.1) is 17.2 Å². The van der Waals surface area contributed by atoms with Crippen LogP contribution in [0.5, 0.6) is 5.75 Å². The summed E-state index contributed by atoms with van der Waals surface area (Å²) in [7, 11) is 0. The second-order valence-corrected chi connectivity index (χ2v) is 7.51. The summed E-state index contributed by atoms with van der Waals surface area (Å²) in [5, 5.41) is 12.6. The third kappa shape index (κ3) is 4.84. The molecule has 0 radical (unpaired) electrons. The highest BCUT2D eigenvalue weighted by Gasteiger charge is 2.18. The third-order valence-electron chi connectivity index (χ3n) is 3.77. The van der Waals surface area contributed by atoms with E-state index >= 15 is 0 Å². The number of halogens is 1. The molecule has 27 heavy (non-hydrogen) atoms. The lowest BCUT2D eigenvalue weighted by atomic mass is 10.1. The number of thiophene rings is 1. The zero-order chi connectivity index (χ0) is 19.2. The largest absolute Gasteiger partial charge is 0.492 e. The number of carboxylic acid groups (broad SMARTS) is 1. The minimum absolute atomic E-state index is 0.175. The number of anilines is 1. The lowest BCUT2D eigenvalue weighted by Crippen LogP contribution is -2.07. The maximum Gasteiger partial charge on any atom is 0.349 e. The molecular formula is C19H18BrN3O3S. The summed E-state index contributed by atoms with van der Waals surface area (Å²) in [6.45, 7) is 2.94. The number of aromatic nitrogens is 2. The predicted molar refractivity (Wildman–Crippen MR) is 110 cm³/mol. The number of carbonyl (C=O) groups is 1. The molecule has 2 aromatic heterocycles. The van der Waals surface area contributed by atoms with Crippen molar-refractivity contribution in [2.45, 2.75) is 13.3 Å². The maximum atomic E-state index is 11.4. The first-order valence-corrected chi connectivity index (χ1v) is 9.99. The van der Waals surface area contributed by atoms with Crippen molar-refractivity contribution in [3.05, 3.63) is 57.6 Å². The minimum Gasteiger partial charge on any atom is -0.492 e. The highest BCUT2D eigenvalue weighted by Crippen LogP contribution is 2.36. The van der Waals surface area contributed by atoms with Crippen LogP contribution in [0.15, 0.2) is 47.2 Å². The Morgan fingerprint density at radius 1 is 1.30 bits per heavy atom. The van der Waals surface area contributed by atoms with E-state index in [-0.39, 0.29) is 4.88 Å². The van der Waals surface area contributed by atoms with Gasteiger partial charge in [0, 0.05) is 23.2 Å². The molecule has 0 saturated carbocycles. The fraction of sp³-hybridized carbons (Fsp3) is 0.211. The van der Waals surface area contributed by atoms with E-state index in [1.807, 2.05) is 31.2 Å². The molecule has 0 spiro atoms. The molecule has 140 valence electrons. The van der Waals surface area contributed by atoms with Crippen molar-refractivity contribution in [1.29, 1.82) is 0 Å². The quantitative estimate of drug-likeness (QED) is 0.519. The van der Waals surface area contributed by atoms with E-state index in [1.54, 1.807) is 6.07 Å². The summed E-state index contributed by atoms with van der Waals surface area (Å²) in [5.41, 5.74) is 1.87. The molecule has 2 heterocycles. The van der Waals surface area contributed by atoms with Gasteiger partial charge in [-0.15, -0.1) is 11.3 Å². The van der Waals surface area contributed by atoms with E-state index in [0.29, 0.717) is 30.4 Å². The van der Waals surface area contributed by atoms with Gasteiger partial charge >= 0.3 is 5.97 Å². The van der Waals surface area contributed by atoms with Gasteiger partial charge in [0.15, 0.2) is 4.88 Å². The molecule has 0 unspecified atom stereocenters. The Morgan fingerprint density at radius 3 is 2.85 bits per heavy atom. The fourth-order valence-corrected chi connectivity index (χ4v) is 3.92. The number of nitrogens with zero attached hydrogens (tertiary/aromatic N) is 2. The monoisotopic (exact) mass is 447 g/mol. The Bertz CT molecular complexity index is 945. The standard InChI is InChI=1S/C19H18BrN3O3S/c1-2-26-15-10-16(27-18(15)19(24)25)14-9-17(23-11-22-14)21-8-7-12-5-3-4-6-13(12)20/h3-6,9-11H,2,7-8H2,1H3,(H,24,25)(H,21,22,23). The molecule has 0 aliphatic carbocycles. The van der Waals surface area contributed by atoms with E-state index in [2.05, 4.69) is 37.3 Å². The minimum atomic E-state index is -1.00. The first-order valence-electron chi connectivity index (χ1n) is 8.38. The number of aromatic carboxylic acids is 1. The number of carboxylic acids is 1. The number of nitrogens with one attached hydrogen (secondary N) is 1. The molecule has 0 amide bonds. The summed E-state index contributed by atoms with van der Waals surface area (Å²) in [4.78, 5) is 20.8. The SMILES string of the molecule is CCOc1cc(-c2cc(NCCc3ccccc3Br)ncn2)sc1C(=O)O. The Balaban J connectivity index is 1.73. The Morgan fingerprint density at radius 2 is 2.11 bits per heavy atom. The van der Waals surface area contributed by atoms with Gasteiger partial charge in [-0.3, -0.25) is 0 Å². The highest BCUT2D eigenvalue weighted by molar-refractivity contribution is 9.10. The number of hydrogen-bond acceptors (Lipinski definition) is 6. The van der Waals surface area contributed by atoms with Crippen LogP contribution in [0, 0.1) is 0 Å². The van der Waals surface area contributed by atoms with Crippen LogP contribution >= 0.6 is 27.3 Å². The van der Waals surface area contributed by atoms with Crippen molar-refractivity contribution >= 4 is 39.1 Å². The molecule has 1 aromatic carbocycles. The van der Waals surface area contributed by atoms with Crippen molar-refractivity contribution in [3.8, 4) is 16.3 Å². The maximum absolute atomic E-state index is 11.4. The fourth-order valence-electron chi connectivity index (χ4n) is 2.53. The molecule has 0 fully saturated rings. The third-order valence-corrected chi connectivity index (χ3v) is 5.67. The van der Waals surface area contributed by atoms with Crippen molar-refractivity contribution in [3.63, 3.8) is 0 Å². The summed E-state index contributed by atoms with van der Waals surface area (Å²) in [6.07, 6.45) is 2.31. The van der Waals surface area contributed by atoms with Crippen molar-refractivity contribution < 1.29 is 14.6 Å². The van der Waals surface area contributed by atoms with Crippen molar-refractivity contribution in [2.75, 3.05) is 18.5 Å². The topological polar surface area (TPSA) is 84.3 Å². The first-order chi connectivity index (χ1) is 13.1. The predicted octanol–water partition coefficient (Wildman–Crippen LogP) is 4.72. The Labute approximate surface area is 169 Å². The molecule has 0 aliphatic heterocycles. The lowest BCUT2D eigenvalue weighted by Gasteiger charge is -2.07. The van der Waals surface area contributed by atoms with E-state index in [1.165, 1.54) is 11.9 Å². The first kappa shape index (κ1) is 19.3. The molecule has 0 aliphatic rings. The van der Waals surface area contributed by atoms with Gasteiger partial charge in [0.1, 0.15) is 17.9 Å². The Hall–Kier alpha value is -2.45. The van der Waals surface area contributed by atoms with Crippen LogP contribution in [0.2, 0.25) is 0 Å². The molecule has 2 N–H and O–H groups in total. The number of ether oxygens (including phenoxy) is 1. The summed E-state index contributed by atoms with van der Waals surface area (Å²) in [6, 6.07) is 11.6. The molecule has 0 saturated heterocycles. The van der Waals surface area contributed by atoms with Crippen LogP contribution < -0.4 is 10.1 Å². The van der Waals surface area contributed by atoms with Gasteiger partial charge < -0.3 is 15.2 Å². The van der Waals surface area contributed by atoms with Crippen LogP contribution in [0.3, 0.4) is 0 Å². The molecule has 3 rings (SSSR count). The van der Waals surface area contributed by atoms with Gasteiger partial charge in [-0.05, 0) is 25.0 Å². The van der Waals surface area contributed by atoms with Crippen molar-refractivity contribution in [1.82, 2.24) is 9.97 Å². The summed E-state index contributed by atoms with van der Waals surface area (Å²) in [5.74, 6) is 0.0536. The molecule has 3 aromatic rings. The van der Waals surface area contributed by atoms with Crippen LogP contribution in [0.4, 0.5) is 5.82 Å². The average Bonchev–Trinajstić information content (AvgIpc) is 3.08. The molecule has 0 bridgehead atoms. The van der Waals surface area contributed by atoms with E-state index < -0.39 is 5.97 Å². The van der Waals surface area contributed by atoms with Gasteiger partial charge in [-0.25, -0.2) is 14.8 Å². The van der Waals surface area contributed by atoms with Crippen LogP contribution in [0.1, 0.15) is 22.2 Å². The normalized spacial score (nSPS) is 10.6. The van der Waals surface area contributed by atoms with Gasteiger partial charge in [0.2, 0.25) is 0 Å². The van der Waals surface area contributed by atoms with Gasteiger partial charge in [0.25, 0.3) is 0 Å². The second kappa shape index (κ2) is 8.96. The zero-order valence-corrected chi connectivity index (χ0v) is 17.0. The van der Waals surface area contributed by atoms with Crippen LogP contribution in [-0.4, -0.2) is 34.2 Å². The van der Waals surface area contributed by atoms with Crippen LogP contribution in [0.25, 0.3) is 10.6 Å². The molecule has 8 heteroatoms. The van der Waals surface area contributed by atoms with Gasteiger partial charge in [-0.2, -0.15) is 0 Å². The number of rotatable bonds is 8. The summed E-state index contributed by atoms with van der Waals surface area (Å²) < 4.78 is 6.50. The zero-order valence-electron chi connectivity index (χ0n) is 14.6. The highest BCUT2D eigenvalue weighted by atomic mass is 79.9. The number of hydrogen-bond donors (Lipinski definition) is 2. The summed E-state index contributed by atoms with van der Waals surface area (Å²) >= 11 is 4.69. The average molecular weight is 448 g/mol. The molecule has 0 atom stereocenters. The van der Waals surface area contributed by atoms with Crippen molar-refractivity contribution in [2.24, 2.45) is 0 Å². The van der Waals surface area contributed by atoms with Gasteiger partial charge in [-0.1, -0.05) is 34.1 Å². The van der Waals surface area contributed by atoms with E-state index in [0.717, 1.165) is 27.1 Å². The smallest absolute Gasteiger partial charge is 0.349 e. The second-order valence-electron chi connectivity index (χ2n) is 5.60. The number of benzene rings is 1. The molecule has 6 nitrogen and oxygen atoms in total. The lowest BCUT2D eigenvalue weighted by molar-refractivity contribution is 0.0698. The molecular weight excluding hydrogens is 430 g/mol.